The van der Waals surface area contributed by atoms with Crippen LogP contribution in [0.4, 0.5) is 4.39 Å². The third-order valence-corrected chi connectivity index (χ3v) is 6.66. The van der Waals surface area contributed by atoms with Crippen LogP contribution in [0.2, 0.25) is 0 Å². The van der Waals surface area contributed by atoms with Crippen LogP contribution in [0.1, 0.15) is 15.9 Å². The zero-order valence-corrected chi connectivity index (χ0v) is 16.2. The first-order chi connectivity index (χ1) is 13.8. The normalized spacial score (nSPS) is 15.2. The summed E-state index contributed by atoms with van der Waals surface area (Å²) in [6, 6.07) is 18.3. The van der Waals surface area contributed by atoms with Crippen LogP contribution in [0.15, 0.2) is 83.4 Å². The van der Waals surface area contributed by atoms with Gasteiger partial charge in [0.2, 0.25) is 5.78 Å². The molecule has 0 fully saturated rings. The molecule has 1 aliphatic heterocycles. The first-order valence-corrected chi connectivity index (χ1v) is 10.2. The van der Waals surface area contributed by atoms with Gasteiger partial charge in [0.1, 0.15) is 11.5 Å². The van der Waals surface area contributed by atoms with E-state index in [1.54, 1.807) is 42.5 Å². The molecule has 1 heterocycles. The van der Waals surface area contributed by atoms with E-state index < -0.39 is 27.4 Å². The average molecular weight is 409 g/mol. The molecule has 0 amide bonds. The minimum Gasteiger partial charge on any atom is -0.505 e. The fourth-order valence-corrected chi connectivity index (χ4v) is 4.74. The highest BCUT2D eigenvalue weighted by atomic mass is 32.2. The van der Waals surface area contributed by atoms with Crippen molar-refractivity contribution >= 4 is 21.6 Å². The Morgan fingerprint density at radius 3 is 2.31 bits per heavy atom. The number of hydrogen-bond donors (Lipinski definition) is 1. The zero-order chi connectivity index (χ0) is 20.8. The van der Waals surface area contributed by atoms with Gasteiger partial charge >= 0.3 is 0 Å². The van der Waals surface area contributed by atoms with Crippen molar-refractivity contribution in [1.29, 1.82) is 0 Å². The van der Waals surface area contributed by atoms with E-state index in [2.05, 4.69) is 0 Å². The number of rotatable bonds is 3. The van der Waals surface area contributed by atoms with Crippen LogP contribution in [0.5, 0.6) is 0 Å². The molecule has 0 bridgehead atoms. The number of aliphatic hydroxyl groups is 1. The number of ketones is 1. The molecule has 29 heavy (non-hydrogen) atoms. The lowest BCUT2D eigenvalue weighted by atomic mass is 9.98. The molecule has 1 aliphatic rings. The zero-order valence-electron chi connectivity index (χ0n) is 15.3. The third-order valence-electron chi connectivity index (χ3n) is 4.84. The lowest BCUT2D eigenvalue weighted by molar-refractivity contribution is 0.101. The summed E-state index contributed by atoms with van der Waals surface area (Å²) in [6.45, 7) is 0. The van der Waals surface area contributed by atoms with Gasteiger partial charge in [-0.15, -0.1) is 0 Å². The number of benzene rings is 3. The summed E-state index contributed by atoms with van der Waals surface area (Å²) in [5.74, 6) is -1.54. The summed E-state index contributed by atoms with van der Waals surface area (Å²) < 4.78 is 40.5. The number of sulfonamides is 1. The largest absolute Gasteiger partial charge is 0.505 e. The van der Waals surface area contributed by atoms with Gasteiger partial charge in [-0.05, 0) is 29.8 Å². The van der Waals surface area contributed by atoms with E-state index in [4.69, 9.17) is 0 Å². The summed E-state index contributed by atoms with van der Waals surface area (Å²) in [5, 5.41) is 10.7. The summed E-state index contributed by atoms with van der Waals surface area (Å²) in [7, 11) is -2.77. The van der Waals surface area contributed by atoms with E-state index in [1.807, 2.05) is 0 Å². The Morgan fingerprint density at radius 2 is 1.59 bits per heavy atom. The predicted molar refractivity (Wildman–Crippen MR) is 107 cm³/mol. The van der Waals surface area contributed by atoms with Crippen LogP contribution in [-0.2, 0) is 10.0 Å². The molecule has 0 saturated heterocycles. The van der Waals surface area contributed by atoms with Gasteiger partial charge in [-0.25, -0.2) is 12.8 Å². The fraction of sp³-hybridized carbons (Fsp3) is 0.0455. The van der Waals surface area contributed by atoms with Crippen LogP contribution in [0.3, 0.4) is 0 Å². The SMILES string of the molecule is CN1C(C(=O)c2cccc(-c3ccccc3F)c2)=C(O)c2ccccc2S1(=O)=O. The van der Waals surface area contributed by atoms with Gasteiger partial charge in [-0.2, -0.15) is 0 Å². The topological polar surface area (TPSA) is 74.7 Å². The molecule has 0 saturated carbocycles. The summed E-state index contributed by atoms with van der Waals surface area (Å²) >= 11 is 0. The second kappa shape index (κ2) is 6.86. The number of Topliss-reactive ketones (excluding diaryl/α,β-unsaturated/α-hetero) is 1. The Hall–Kier alpha value is -3.45. The quantitative estimate of drug-likeness (QED) is 0.657. The Bertz CT molecular complexity index is 1280. The molecule has 0 radical (unpaired) electrons. The molecule has 1 N–H and O–H groups in total. The number of fused-ring (bicyclic) bond motifs is 1. The average Bonchev–Trinajstić information content (AvgIpc) is 2.73. The summed E-state index contributed by atoms with van der Waals surface area (Å²) in [6.07, 6.45) is 0. The van der Waals surface area contributed by atoms with Crippen LogP contribution >= 0.6 is 0 Å². The highest BCUT2D eigenvalue weighted by molar-refractivity contribution is 7.89. The van der Waals surface area contributed by atoms with E-state index in [0.717, 1.165) is 4.31 Å². The highest BCUT2D eigenvalue weighted by Gasteiger charge is 2.37. The molecule has 3 aromatic carbocycles. The molecule has 3 aromatic rings. The van der Waals surface area contributed by atoms with E-state index in [0.29, 0.717) is 11.1 Å². The Labute approximate surface area is 167 Å². The van der Waals surface area contributed by atoms with Gasteiger partial charge in [-0.1, -0.05) is 48.5 Å². The van der Waals surface area contributed by atoms with Crippen molar-refractivity contribution in [2.75, 3.05) is 7.05 Å². The number of likely N-dealkylation sites (N-methyl/N-ethyl adjacent to an activating group) is 1. The monoisotopic (exact) mass is 409 g/mol. The first kappa shape index (κ1) is 18.9. The Morgan fingerprint density at radius 1 is 0.931 bits per heavy atom. The molecule has 0 spiro atoms. The lowest BCUT2D eigenvalue weighted by Crippen LogP contribution is -2.35. The van der Waals surface area contributed by atoms with Crippen LogP contribution < -0.4 is 0 Å². The first-order valence-electron chi connectivity index (χ1n) is 8.73. The summed E-state index contributed by atoms with van der Waals surface area (Å²) in [4.78, 5) is 13.1. The van der Waals surface area contributed by atoms with Gasteiger partial charge in [0, 0.05) is 23.7 Å². The van der Waals surface area contributed by atoms with Crippen molar-refractivity contribution in [1.82, 2.24) is 4.31 Å². The third kappa shape index (κ3) is 3.00. The molecule has 0 aromatic heterocycles. The van der Waals surface area contributed by atoms with Crippen molar-refractivity contribution in [3.63, 3.8) is 0 Å². The van der Waals surface area contributed by atoms with Crippen LogP contribution in [-0.4, -0.2) is 30.7 Å². The molecular weight excluding hydrogens is 393 g/mol. The molecular formula is C22H16FNO4S. The van der Waals surface area contributed by atoms with Gasteiger partial charge < -0.3 is 5.11 Å². The van der Waals surface area contributed by atoms with Gasteiger partial charge in [0.15, 0.2) is 5.76 Å². The number of nitrogens with zero attached hydrogens (tertiary/aromatic N) is 1. The number of carbonyl (C=O) groups excluding carboxylic acids is 1. The second-order valence-corrected chi connectivity index (χ2v) is 8.49. The van der Waals surface area contributed by atoms with Gasteiger partial charge in [0.05, 0.1) is 4.90 Å². The van der Waals surface area contributed by atoms with Crippen LogP contribution in [0, 0.1) is 5.82 Å². The number of hydrogen-bond acceptors (Lipinski definition) is 4. The minimum atomic E-state index is -3.99. The van der Waals surface area contributed by atoms with Crippen LogP contribution in [0.25, 0.3) is 16.9 Å². The number of carbonyl (C=O) groups is 1. The molecule has 7 heteroatoms. The van der Waals surface area contributed by atoms with Crippen molar-refractivity contribution in [3.05, 3.63) is 95.4 Å². The number of aliphatic hydroxyl groups excluding tert-OH is 1. The maximum atomic E-state index is 14.1. The predicted octanol–water partition coefficient (Wildman–Crippen LogP) is 4.24. The van der Waals surface area contributed by atoms with Crippen molar-refractivity contribution in [3.8, 4) is 11.1 Å². The van der Waals surface area contributed by atoms with Crippen molar-refractivity contribution < 1.29 is 22.7 Å². The molecule has 146 valence electrons. The van der Waals surface area contributed by atoms with Gasteiger partial charge in [-0.3, -0.25) is 9.10 Å². The van der Waals surface area contributed by atoms with E-state index >= 15 is 0 Å². The molecule has 0 atom stereocenters. The lowest BCUT2D eigenvalue weighted by Gasteiger charge is -2.28. The molecule has 0 aliphatic carbocycles. The van der Waals surface area contributed by atoms with E-state index in [9.17, 15) is 22.7 Å². The molecule has 0 unspecified atom stereocenters. The van der Waals surface area contributed by atoms with E-state index in [-0.39, 0.29) is 21.7 Å². The van der Waals surface area contributed by atoms with Crippen molar-refractivity contribution in [2.45, 2.75) is 4.90 Å². The minimum absolute atomic E-state index is 0.0687. The maximum absolute atomic E-state index is 14.1. The van der Waals surface area contributed by atoms with E-state index in [1.165, 1.54) is 37.4 Å². The summed E-state index contributed by atoms with van der Waals surface area (Å²) in [5.41, 5.74) is 0.633. The Balaban J connectivity index is 1.85. The standard InChI is InChI=1S/C22H16FNO4S/c1-24-20(22(26)17-10-3-5-12-19(17)29(24,27)28)21(25)15-8-6-7-14(13-15)16-9-2-4-11-18(16)23/h2-13,26H,1H3. The van der Waals surface area contributed by atoms with Crippen molar-refractivity contribution in [2.24, 2.45) is 0 Å². The highest BCUT2D eigenvalue weighted by Crippen LogP contribution is 2.36. The fourth-order valence-electron chi connectivity index (χ4n) is 3.34. The smallest absolute Gasteiger partial charge is 0.265 e. The van der Waals surface area contributed by atoms with Gasteiger partial charge in [0.25, 0.3) is 10.0 Å². The number of allylic oxidation sites excluding steroid dienone is 1. The maximum Gasteiger partial charge on any atom is 0.265 e. The molecule has 5 nitrogen and oxygen atoms in total. The number of halogens is 1. The Kier molecular flexibility index (Phi) is 4.47. The second-order valence-electron chi connectivity index (χ2n) is 6.56. The molecule has 4 rings (SSSR count).